The van der Waals surface area contributed by atoms with Crippen molar-refractivity contribution in [3.63, 3.8) is 0 Å². The van der Waals surface area contributed by atoms with Crippen molar-refractivity contribution in [3.05, 3.63) is 35.4 Å². The summed E-state index contributed by atoms with van der Waals surface area (Å²) in [5.74, 6) is 0. The van der Waals surface area contributed by atoms with Gasteiger partial charge in [0.2, 0.25) is 0 Å². The predicted molar refractivity (Wildman–Crippen MR) is 38.2 cm³/mol. The van der Waals surface area contributed by atoms with Crippen LogP contribution in [0.5, 0.6) is 0 Å². The van der Waals surface area contributed by atoms with Crippen molar-refractivity contribution in [2.45, 2.75) is 7.43 Å². The maximum Gasteiger partial charge on any atom is 0.0405 e. The predicted octanol–water partition coefficient (Wildman–Crippen LogP) is 2.98. The second-order valence-electron chi connectivity index (χ2n) is 1.30. The molecule has 0 nitrogen and oxygen atoms in total. The highest BCUT2D eigenvalue weighted by atomic mass is 35.5. The van der Waals surface area contributed by atoms with Crippen LogP contribution in [0.25, 0.3) is 0 Å². The topological polar surface area (TPSA) is 0 Å². The number of hydrogen-bond acceptors (Lipinski definition) is 0. The maximum atomic E-state index is 5.54. The normalized spacial score (nSPS) is 7.62. The van der Waals surface area contributed by atoms with E-state index in [2.05, 4.69) is 0 Å². The highest BCUT2D eigenvalue weighted by Gasteiger charge is 1.74. The Labute approximate surface area is 55.1 Å². The molecule has 1 heteroatoms. The van der Waals surface area contributed by atoms with Gasteiger partial charge in [-0.15, -0.1) is 0 Å². The van der Waals surface area contributed by atoms with Crippen molar-refractivity contribution in [2.24, 2.45) is 0 Å². The lowest BCUT2D eigenvalue weighted by molar-refractivity contribution is 1.71. The Morgan fingerprint density at radius 1 is 1.00 bits per heavy atom. The van der Waals surface area contributed by atoms with Crippen molar-refractivity contribution >= 4 is 11.6 Å². The first-order chi connectivity index (χ1) is 3.39. The van der Waals surface area contributed by atoms with E-state index >= 15 is 0 Å². The summed E-state index contributed by atoms with van der Waals surface area (Å²) in [4.78, 5) is 0. The van der Waals surface area contributed by atoms with Crippen molar-refractivity contribution in [2.75, 3.05) is 0 Å². The minimum absolute atomic E-state index is 0. The first-order valence-corrected chi connectivity index (χ1v) is 2.48. The molecule has 0 aliphatic carbocycles. The summed E-state index contributed by atoms with van der Waals surface area (Å²) in [5.41, 5.74) is 0. The molecule has 1 aromatic carbocycles. The minimum atomic E-state index is 0. The van der Waals surface area contributed by atoms with Gasteiger partial charge in [0.15, 0.2) is 0 Å². The molecule has 0 unspecified atom stereocenters. The molecule has 0 aliphatic heterocycles. The van der Waals surface area contributed by atoms with Gasteiger partial charge in [-0.25, -0.2) is 0 Å². The van der Waals surface area contributed by atoms with E-state index in [1.165, 1.54) is 0 Å². The fourth-order valence-corrected chi connectivity index (χ4v) is 0.560. The summed E-state index contributed by atoms with van der Waals surface area (Å²) in [6, 6.07) is 9.44. The third-order valence-corrected chi connectivity index (χ3v) is 0.985. The highest BCUT2D eigenvalue weighted by molar-refractivity contribution is 6.30. The summed E-state index contributed by atoms with van der Waals surface area (Å²) in [6.45, 7) is 0. The molecule has 0 spiro atoms. The molecule has 0 amide bonds. The molecule has 0 saturated carbocycles. The van der Waals surface area contributed by atoms with Crippen molar-refractivity contribution in [1.82, 2.24) is 0 Å². The molecule has 0 radical (unpaired) electrons. The van der Waals surface area contributed by atoms with Crippen LogP contribution < -0.4 is 0 Å². The van der Waals surface area contributed by atoms with Crippen molar-refractivity contribution < 1.29 is 0 Å². The number of benzene rings is 1. The zero-order valence-electron chi connectivity index (χ0n) is 3.76. The highest BCUT2D eigenvalue weighted by Crippen LogP contribution is 2.03. The van der Waals surface area contributed by atoms with E-state index in [4.69, 9.17) is 11.6 Å². The number of halogens is 1. The van der Waals surface area contributed by atoms with E-state index < -0.39 is 0 Å². The third kappa shape index (κ3) is 1.99. The summed E-state index contributed by atoms with van der Waals surface area (Å²) in [7, 11) is 0. The van der Waals surface area contributed by atoms with E-state index in [1.54, 1.807) is 0 Å². The summed E-state index contributed by atoms with van der Waals surface area (Å²) in [6.07, 6.45) is 0. The summed E-state index contributed by atoms with van der Waals surface area (Å²) in [5, 5.41) is 0.794. The van der Waals surface area contributed by atoms with Crippen LogP contribution in [-0.2, 0) is 0 Å². The molecule has 0 aliphatic rings. The molecule has 0 heterocycles. The fourth-order valence-electron chi connectivity index (χ4n) is 0.415. The van der Waals surface area contributed by atoms with E-state index in [9.17, 15) is 0 Å². The van der Waals surface area contributed by atoms with Crippen LogP contribution in [0.2, 0.25) is 5.02 Å². The van der Waals surface area contributed by atoms with Gasteiger partial charge in [0.05, 0.1) is 0 Å². The maximum absolute atomic E-state index is 5.54. The number of rotatable bonds is 0. The van der Waals surface area contributed by atoms with Crippen LogP contribution in [0.15, 0.2) is 30.3 Å². The van der Waals surface area contributed by atoms with Gasteiger partial charge in [0.1, 0.15) is 0 Å². The quantitative estimate of drug-likeness (QED) is 0.504. The standard InChI is InChI=1S/C6H5Cl.CH4/c7-6-4-2-1-3-5-6;/h1-5H;1H4. The van der Waals surface area contributed by atoms with Crippen LogP contribution >= 0.6 is 11.6 Å². The van der Waals surface area contributed by atoms with Crippen LogP contribution in [0.1, 0.15) is 7.43 Å². The molecule has 1 aromatic rings. The molecule has 0 bridgehead atoms. The van der Waals surface area contributed by atoms with Crippen molar-refractivity contribution in [3.8, 4) is 0 Å². The molecule has 0 aromatic heterocycles. The second-order valence-corrected chi connectivity index (χ2v) is 1.73. The average Bonchev–Trinajstić information content (AvgIpc) is 1.69. The van der Waals surface area contributed by atoms with E-state index in [1.807, 2.05) is 30.3 Å². The van der Waals surface area contributed by atoms with E-state index in [0.29, 0.717) is 0 Å². The molecular weight excluding hydrogens is 120 g/mol. The van der Waals surface area contributed by atoms with Gasteiger partial charge in [-0.05, 0) is 12.1 Å². The monoisotopic (exact) mass is 128 g/mol. The molecule has 8 heavy (non-hydrogen) atoms. The summed E-state index contributed by atoms with van der Waals surface area (Å²) < 4.78 is 0. The Morgan fingerprint density at radius 3 is 1.75 bits per heavy atom. The van der Waals surface area contributed by atoms with Gasteiger partial charge in [-0.1, -0.05) is 37.2 Å². The van der Waals surface area contributed by atoms with Gasteiger partial charge in [0, 0.05) is 5.02 Å². The lowest BCUT2D eigenvalue weighted by Gasteiger charge is -1.80. The minimum Gasteiger partial charge on any atom is -0.0843 e. The van der Waals surface area contributed by atoms with Gasteiger partial charge >= 0.3 is 0 Å². The fraction of sp³-hybridized carbons (Fsp3) is 0.143. The lowest BCUT2D eigenvalue weighted by atomic mass is 10.4. The molecule has 0 N–H and O–H groups in total. The van der Waals surface area contributed by atoms with Crippen LogP contribution in [-0.4, -0.2) is 0 Å². The van der Waals surface area contributed by atoms with Gasteiger partial charge in [-0.2, -0.15) is 0 Å². The van der Waals surface area contributed by atoms with Crippen molar-refractivity contribution in [1.29, 1.82) is 0 Å². The Bertz CT molecular complexity index is 134. The average molecular weight is 129 g/mol. The largest absolute Gasteiger partial charge is 0.0843 e. The van der Waals surface area contributed by atoms with Gasteiger partial charge in [-0.3, -0.25) is 0 Å². The van der Waals surface area contributed by atoms with Gasteiger partial charge in [0.25, 0.3) is 0 Å². The molecule has 0 atom stereocenters. The smallest absolute Gasteiger partial charge is 0.0405 e. The lowest BCUT2D eigenvalue weighted by Crippen LogP contribution is -1.55. The first kappa shape index (κ1) is 7.51. The summed E-state index contributed by atoms with van der Waals surface area (Å²) >= 11 is 5.54. The Hall–Kier alpha value is -0.490. The Kier molecular flexibility index (Phi) is 3.29. The number of hydrogen-bond donors (Lipinski definition) is 0. The molecular formula is C7H9Cl. The Morgan fingerprint density at radius 2 is 1.50 bits per heavy atom. The first-order valence-electron chi connectivity index (χ1n) is 2.10. The molecule has 1 rings (SSSR count). The van der Waals surface area contributed by atoms with E-state index in [0.717, 1.165) is 5.02 Å². The zero-order chi connectivity index (χ0) is 5.11. The van der Waals surface area contributed by atoms with Crippen LogP contribution in [0.3, 0.4) is 0 Å². The second kappa shape index (κ2) is 3.50. The van der Waals surface area contributed by atoms with Crippen LogP contribution in [0.4, 0.5) is 0 Å². The van der Waals surface area contributed by atoms with Gasteiger partial charge < -0.3 is 0 Å². The van der Waals surface area contributed by atoms with E-state index in [-0.39, 0.29) is 7.43 Å². The zero-order valence-corrected chi connectivity index (χ0v) is 4.52. The Balaban J connectivity index is 0.000000490. The molecule has 0 saturated heterocycles. The van der Waals surface area contributed by atoms with Crippen LogP contribution in [0, 0.1) is 0 Å². The third-order valence-electron chi connectivity index (χ3n) is 0.733. The molecule has 44 valence electrons. The SMILES string of the molecule is C.Clc1ccccc1. The molecule has 0 fully saturated rings.